The summed E-state index contributed by atoms with van der Waals surface area (Å²) in [5, 5.41) is 9.77. The minimum atomic E-state index is -0.361. The Hall–Kier alpha value is -2.29. The highest BCUT2D eigenvalue weighted by Crippen LogP contribution is 2.52. The summed E-state index contributed by atoms with van der Waals surface area (Å²) in [7, 11) is 0. The average molecular weight is 293 g/mol. The number of benzene rings is 2. The molecule has 1 aliphatic heterocycles. The zero-order valence-corrected chi connectivity index (χ0v) is 12.5. The molecule has 1 spiro atoms. The normalized spacial score (nSPS) is 19.5. The van der Waals surface area contributed by atoms with Gasteiger partial charge in [0.25, 0.3) is 0 Å². The maximum atomic E-state index is 13.3. The van der Waals surface area contributed by atoms with Crippen LogP contribution < -0.4 is 4.90 Å². The molecular weight excluding hydrogens is 274 g/mol. The van der Waals surface area contributed by atoms with E-state index in [4.69, 9.17) is 0 Å². The Labute approximate surface area is 130 Å². The van der Waals surface area contributed by atoms with Crippen molar-refractivity contribution >= 4 is 17.3 Å². The van der Waals surface area contributed by atoms with Crippen LogP contribution >= 0.6 is 0 Å². The molecule has 3 heteroatoms. The van der Waals surface area contributed by atoms with E-state index in [1.165, 1.54) is 6.42 Å². The third-order valence-corrected chi connectivity index (χ3v) is 5.07. The number of para-hydroxylation sites is 1. The van der Waals surface area contributed by atoms with Gasteiger partial charge in [0.15, 0.2) is 0 Å². The molecule has 2 aliphatic rings. The van der Waals surface area contributed by atoms with Gasteiger partial charge in [-0.1, -0.05) is 43.5 Å². The third-order valence-electron chi connectivity index (χ3n) is 5.07. The van der Waals surface area contributed by atoms with E-state index < -0.39 is 0 Å². The lowest BCUT2D eigenvalue weighted by Crippen LogP contribution is -2.39. The first-order chi connectivity index (χ1) is 10.7. The van der Waals surface area contributed by atoms with E-state index in [1.807, 2.05) is 24.3 Å². The number of phenols is 1. The molecule has 0 saturated heterocycles. The van der Waals surface area contributed by atoms with Gasteiger partial charge in [0.1, 0.15) is 5.75 Å². The Morgan fingerprint density at radius 3 is 2.50 bits per heavy atom. The van der Waals surface area contributed by atoms with Gasteiger partial charge in [0.2, 0.25) is 5.91 Å². The number of phenolic OH excluding ortho intramolecular Hbond substituents is 1. The zero-order valence-electron chi connectivity index (χ0n) is 12.5. The molecule has 0 bridgehead atoms. The Morgan fingerprint density at radius 2 is 1.73 bits per heavy atom. The fourth-order valence-corrected chi connectivity index (χ4v) is 4.04. The second-order valence-corrected chi connectivity index (χ2v) is 6.32. The van der Waals surface area contributed by atoms with Gasteiger partial charge in [0.05, 0.1) is 16.8 Å². The number of rotatable bonds is 1. The van der Waals surface area contributed by atoms with Crippen LogP contribution in [0.25, 0.3) is 0 Å². The number of amides is 1. The van der Waals surface area contributed by atoms with E-state index in [-0.39, 0.29) is 17.1 Å². The van der Waals surface area contributed by atoms with Crippen LogP contribution in [0.2, 0.25) is 0 Å². The largest absolute Gasteiger partial charge is 0.508 e. The van der Waals surface area contributed by atoms with Gasteiger partial charge < -0.3 is 5.11 Å². The highest BCUT2D eigenvalue weighted by molar-refractivity contribution is 6.13. The predicted octanol–water partition coefficient (Wildman–Crippen LogP) is 4.27. The highest BCUT2D eigenvalue weighted by atomic mass is 16.3. The summed E-state index contributed by atoms with van der Waals surface area (Å²) in [6, 6.07) is 15.1. The van der Waals surface area contributed by atoms with Crippen molar-refractivity contribution in [2.24, 2.45) is 0 Å². The van der Waals surface area contributed by atoms with E-state index >= 15 is 0 Å². The van der Waals surface area contributed by atoms with Gasteiger partial charge in [-0.15, -0.1) is 0 Å². The van der Waals surface area contributed by atoms with Crippen LogP contribution in [-0.4, -0.2) is 11.0 Å². The smallest absolute Gasteiger partial charge is 0.242 e. The molecule has 2 aromatic rings. The summed E-state index contributed by atoms with van der Waals surface area (Å²) in [6.07, 6.45) is 5.28. The molecule has 1 saturated carbocycles. The van der Waals surface area contributed by atoms with Gasteiger partial charge >= 0.3 is 0 Å². The second kappa shape index (κ2) is 4.87. The van der Waals surface area contributed by atoms with E-state index in [0.717, 1.165) is 42.6 Å². The van der Waals surface area contributed by atoms with Gasteiger partial charge in [0, 0.05) is 6.07 Å². The van der Waals surface area contributed by atoms with E-state index in [0.29, 0.717) is 0 Å². The predicted molar refractivity (Wildman–Crippen MR) is 86.5 cm³/mol. The van der Waals surface area contributed by atoms with Crippen molar-refractivity contribution in [1.82, 2.24) is 0 Å². The Bertz CT molecular complexity index is 732. The Balaban J connectivity index is 1.89. The summed E-state index contributed by atoms with van der Waals surface area (Å²) in [4.78, 5) is 15.1. The van der Waals surface area contributed by atoms with Crippen molar-refractivity contribution in [1.29, 1.82) is 0 Å². The number of carbonyl (C=O) groups excluding carboxylic acids is 1. The van der Waals surface area contributed by atoms with Crippen LogP contribution in [0.1, 0.15) is 37.7 Å². The average Bonchev–Trinajstić information content (AvgIpc) is 2.78. The number of hydrogen-bond donors (Lipinski definition) is 1. The molecule has 1 fully saturated rings. The summed E-state index contributed by atoms with van der Waals surface area (Å²) in [6.45, 7) is 0. The first kappa shape index (κ1) is 13.4. The molecule has 0 atom stereocenters. The monoisotopic (exact) mass is 293 g/mol. The topological polar surface area (TPSA) is 40.5 Å². The Kier molecular flexibility index (Phi) is 2.96. The number of aromatic hydroxyl groups is 1. The molecule has 0 aromatic heterocycles. The molecule has 0 radical (unpaired) electrons. The number of hydrogen-bond acceptors (Lipinski definition) is 2. The van der Waals surface area contributed by atoms with Gasteiger partial charge in [-0.05, 0) is 36.6 Å². The standard InChI is InChI=1S/C19H19NO2/c21-15-8-6-7-14(13-15)20-17-10-3-2-9-16(17)19(18(20)22)11-4-1-5-12-19/h2-3,6-10,13,21H,1,4-5,11-12H2. The number of carbonyl (C=O) groups is 1. The zero-order chi connectivity index (χ0) is 15.2. The first-order valence-electron chi connectivity index (χ1n) is 7.95. The molecule has 22 heavy (non-hydrogen) atoms. The molecule has 2 aromatic carbocycles. The molecule has 1 amide bonds. The fraction of sp³-hybridized carbons (Fsp3) is 0.316. The number of anilines is 2. The maximum absolute atomic E-state index is 13.3. The van der Waals surface area contributed by atoms with Crippen molar-refractivity contribution < 1.29 is 9.90 Å². The SMILES string of the molecule is O=C1N(c2cccc(O)c2)c2ccccc2C12CCCCC2. The quantitative estimate of drug-likeness (QED) is 0.853. The van der Waals surface area contributed by atoms with Gasteiger partial charge in [-0.25, -0.2) is 0 Å². The minimum Gasteiger partial charge on any atom is -0.508 e. The van der Waals surface area contributed by atoms with Crippen molar-refractivity contribution in [3.05, 3.63) is 54.1 Å². The lowest BCUT2D eigenvalue weighted by molar-refractivity contribution is -0.123. The lowest BCUT2D eigenvalue weighted by atomic mass is 9.70. The molecule has 1 heterocycles. The molecule has 3 nitrogen and oxygen atoms in total. The van der Waals surface area contributed by atoms with Crippen LogP contribution in [0.15, 0.2) is 48.5 Å². The van der Waals surface area contributed by atoms with Crippen LogP contribution in [0, 0.1) is 0 Å². The molecule has 4 rings (SSSR count). The molecular formula is C19H19NO2. The van der Waals surface area contributed by atoms with Crippen molar-refractivity contribution in [2.45, 2.75) is 37.5 Å². The van der Waals surface area contributed by atoms with Crippen LogP contribution in [0.4, 0.5) is 11.4 Å². The summed E-state index contributed by atoms with van der Waals surface area (Å²) in [5.74, 6) is 0.353. The number of nitrogens with zero attached hydrogens (tertiary/aromatic N) is 1. The lowest BCUT2D eigenvalue weighted by Gasteiger charge is -2.32. The summed E-state index contributed by atoms with van der Waals surface area (Å²) in [5.41, 5.74) is 2.52. The molecule has 1 aliphatic carbocycles. The highest BCUT2D eigenvalue weighted by Gasteiger charge is 2.51. The van der Waals surface area contributed by atoms with E-state index in [1.54, 1.807) is 23.1 Å². The van der Waals surface area contributed by atoms with Crippen LogP contribution in [0.3, 0.4) is 0 Å². The van der Waals surface area contributed by atoms with Crippen molar-refractivity contribution in [3.8, 4) is 5.75 Å². The number of fused-ring (bicyclic) bond motifs is 2. The summed E-state index contributed by atoms with van der Waals surface area (Å²) < 4.78 is 0. The molecule has 112 valence electrons. The first-order valence-corrected chi connectivity index (χ1v) is 7.95. The van der Waals surface area contributed by atoms with Gasteiger partial charge in [-0.2, -0.15) is 0 Å². The van der Waals surface area contributed by atoms with Crippen molar-refractivity contribution in [3.63, 3.8) is 0 Å². The molecule has 1 N–H and O–H groups in total. The maximum Gasteiger partial charge on any atom is 0.242 e. The van der Waals surface area contributed by atoms with Crippen LogP contribution in [-0.2, 0) is 10.2 Å². The van der Waals surface area contributed by atoms with Gasteiger partial charge in [-0.3, -0.25) is 9.69 Å². The fourth-order valence-electron chi connectivity index (χ4n) is 4.04. The van der Waals surface area contributed by atoms with Crippen molar-refractivity contribution in [2.75, 3.05) is 4.90 Å². The third kappa shape index (κ3) is 1.78. The van der Waals surface area contributed by atoms with E-state index in [9.17, 15) is 9.90 Å². The molecule has 0 unspecified atom stereocenters. The minimum absolute atomic E-state index is 0.166. The Morgan fingerprint density at radius 1 is 0.955 bits per heavy atom. The van der Waals surface area contributed by atoms with E-state index in [2.05, 4.69) is 6.07 Å². The second-order valence-electron chi connectivity index (χ2n) is 6.32. The summed E-state index contributed by atoms with van der Waals surface area (Å²) >= 11 is 0. The van der Waals surface area contributed by atoms with Crippen LogP contribution in [0.5, 0.6) is 5.75 Å².